The molecule has 0 aliphatic rings. The first-order valence-electron chi connectivity index (χ1n) is 4.37. The van der Waals surface area contributed by atoms with Crippen LogP contribution in [-0.4, -0.2) is 30.9 Å². The third-order valence-corrected chi connectivity index (χ3v) is 2.86. The molecule has 0 fully saturated rings. The van der Waals surface area contributed by atoms with Crippen LogP contribution in [0.2, 0.25) is 0 Å². The average molecular weight is 304 g/mol. The molecule has 0 aliphatic heterocycles. The number of carbonyl (C=O) groups is 1. The molecule has 0 radical (unpaired) electrons. The van der Waals surface area contributed by atoms with Crippen molar-refractivity contribution >= 4 is 28.5 Å². The highest BCUT2D eigenvalue weighted by Gasteiger charge is 2.12. The number of likely N-dealkylation sites (N-methyl/N-ethyl adjacent to an activating group) is 1. The highest BCUT2D eigenvalue weighted by Crippen LogP contribution is 2.12. The first kappa shape index (κ1) is 11.5. The molecule has 2 N–H and O–H groups in total. The molecule has 3 nitrogen and oxygen atoms in total. The maximum atomic E-state index is 11.8. The second-order valence-electron chi connectivity index (χ2n) is 3.00. The Morgan fingerprint density at radius 2 is 2.14 bits per heavy atom. The molecular formula is C10H13IN2O. The Balaban J connectivity index is 2.84. The van der Waals surface area contributed by atoms with E-state index in [1.807, 2.05) is 24.3 Å². The van der Waals surface area contributed by atoms with Crippen molar-refractivity contribution in [2.24, 2.45) is 5.73 Å². The molecule has 0 saturated carbocycles. The Morgan fingerprint density at radius 1 is 1.50 bits per heavy atom. The fourth-order valence-electron chi connectivity index (χ4n) is 1.14. The molecule has 0 bridgehead atoms. The van der Waals surface area contributed by atoms with Crippen LogP contribution in [0.4, 0.5) is 0 Å². The monoisotopic (exact) mass is 304 g/mol. The minimum Gasteiger partial charge on any atom is -0.340 e. The number of halogens is 1. The van der Waals surface area contributed by atoms with Crippen LogP contribution in [-0.2, 0) is 0 Å². The van der Waals surface area contributed by atoms with E-state index in [0.717, 1.165) is 9.13 Å². The lowest BCUT2D eigenvalue weighted by molar-refractivity contribution is 0.0798. The zero-order valence-electron chi connectivity index (χ0n) is 8.03. The van der Waals surface area contributed by atoms with Crippen LogP contribution in [0.15, 0.2) is 24.3 Å². The minimum absolute atomic E-state index is 0.0282. The van der Waals surface area contributed by atoms with E-state index >= 15 is 0 Å². The van der Waals surface area contributed by atoms with Gasteiger partial charge in [0.05, 0.1) is 5.56 Å². The Kier molecular flexibility index (Phi) is 4.34. The normalized spacial score (nSPS) is 9.93. The van der Waals surface area contributed by atoms with Gasteiger partial charge in [0.25, 0.3) is 5.91 Å². The van der Waals surface area contributed by atoms with Crippen molar-refractivity contribution in [3.05, 3.63) is 33.4 Å². The van der Waals surface area contributed by atoms with Crippen molar-refractivity contribution in [1.29, 1.82) is 0 Å². The van der Waals surface area contributed by atoms with E-state index in [0.29, 0.717) is 13.1 Å². The van der Waals surface area contributed by atoms with Crippen molar-refractivity contribution in [1.82, 2.24) is 4.90 Å². The molecule has 76 valence electrons. The molecule has 1 rings (SSSR count). The quantitative estimate of drug-likeness (QED) is 0.856. The number of hydrogen-bond donors (Lipinski definition) is 1. The van der Waals surface area contributed by atoms with Gasteiger partial charge in [0.2, 0.25) is 0 Å². The first-order chi connectivity index (χ1) is 6.66. The van der Waals surface area contributed by atoms with Crippen LogP contribution in [0.5, 0.6) is 0 Å². The topological polar surface area (TPSA) is 46.3 Å². The smallest absolute Gasteiger partial charge is 0.254 e. The fourth-order valence-corrected chi connectivity index (χ4v) is 1.75. The number of nitrogens with zero attached hydrogens (tertiary/aromatic N) is 1. The zero-order valence-corrected chi connectivity index (χ0v) is 10.2. The van der Waals surface area contributed by atoms with E-state index in [4.69, 9.17) is 5.73 Å². The third-order valence-electron chi connectivity index (χ3n) is 1.92. The lowest BCUT2D eigenvalue weighted by Crippen LogP contribution is -2.32. The molecule has 14 heavy (non-hydrogen) atoms. The molecular weight excluding hydrogens is 291 g/mol. The Hall–Kier alpha value is -0.620. The summed E-state index contributed by atoms with van der Waals surface area (Å²) in [5.74, 6) is 0.0282. The first-order valence-corrected chi connectivity index (χ1v) is 5.44. The number of benzene rings is 1. The summed E-state index contributed by atoms with van der Waals surface area (Å²) in [6, 6.07) is 7.54. The molecule has 0 atom stereocenters. The maximum Gasteiger partial charge on any atom is 0.254 e. The molecule has 0 saturated heterocycles. The van der Waals surface area contributed by atoms with Gasteiger partial charge < -0.3 is 10.6 Å². The van der Waals surface area contributed by atoms with Crippen molar-refractivity contribution in [3.8, 4) is 0 Å². The summed E-state index contributed by atoms with van der Waals surface area (Å²) < 4.78 is 0.971. The van der Waals surface area contributed by atoms with E-state index in [1.165, 1.54) is 0 Å². The van der Waals surface area contributed by atoms with Gasteiger partial charge in [0.15, 0.2) is 0 Å². The van der Waals surface area contributed by atoms with E-state index in [9.17, 15) is 4.79 Å². The summed E-state index contributed by atoms with van der Waals surface area (Å²) in [5, 5.41) is 0. The fraction of sp³-hybridized carbons (Fsp3) is 0.300. The van der Waals surface area contributed by atoms with Gasteiger partial charge in [0.1, 0.15) is 0 Å². The second kappa shape index (κ2) is 5.31. The van der Waals surface area contributed by atoms with E-state index in [2.05, 4.69) is 22.6 Å². The molecule has 0 heterocycles. The highest BCUT2D eigenvalue weighted by atomic mass is 127. The number of rotatable bonds is 3. The zero-order chi connectivity index (χ0) is 10.6. The van der Waals surface area contributed by atoms with Crippen LogP contribution in [0, 0.1) is 3.57 Å². The Labute approximate surface area is 97.4 Å². The Morgan fingerprint density at radius 3 is 2.71 bits per heavy atom. The molecule has 1 aromatic rings. The standard InChI is InChI=1S/C10H13IN2O/c1-13(7-6-12)10(14)8-4-2-3-5-9(8)11/h2-5H,6-7,12H2,1H3. The van der Waals surface area contributed by atoms with Crippen molar-refractivity contribution in [2.45, 2.75) is 0 Å². The molecule has 0 spiro atoms. The summed E-state index contributed by atoms with van der Waals surface area (Å²) in [7, 11) is 1.76. The SMILES string of the molecule is CN(CCN)C(=O)c1ccccc1I. The summed E-state index contributed by atoms with van der Waals surface area (Å²) in [4.78, 5) is 13.5. The molecule has 1 aromatic carbocycles. The molecule has 0 aliphatic carbocycles. The molecule has 4 heteroatoms. The molecule has 0 unspecified atom stereocenters. The van der Waals surface area contributed by atoms with Gasteiger partial charge in [-0.2, -0.15) is 0 Å². The number of hydrogen-bond acceptors (Lipinski definition) is 2. The van der Waals surface area contributed by atoms with Crippen LogP contribution in [0.3, 0.4) is 0 Å². The van der Waals surface area contributed by atoms with Crippen LogP contribution < -0.4 is 5.73 Å². The van der Waals surface area contributed by atoms with Crippen LogP contribution in [0.1, 0.15) is 10.4 Å². The third kappa shape index (κ3) is 2.68. The van der Waals surface area contributed by atoms with Crippen molar-refractivity contribution in [3.63, 3.8) is 0 Å². The summed E-state index contributed by atoms with van der Waals surface area (Å²) >= 11 is 2.16. The maximum absolute atomic E-state index is 11.8. The van der Waals surface area contributed by atoms with Crippen LogP contribution in [0.25, 0.3) is 0 Å². The summed E-state index contributed by atoms with van der Waals surface area (Å²) in [6.07, 6.45) is 0. The summed E-state index contributed by atoms with van der Waals surface area (Å²) in [6.45, 7) is 1.08. The lowest BCUT2D eigenvalue weighted by atomic mass is 10.2. The lowest BCUT2D eigenvalue weighted by Gasteiger charge is -2.16. The van der Waals surface area contributed by atoms with Gasteiger partial charge in [0, 0.05) is 23.7 Å². The predicted molar refractivity (Wildman–Crippen MR) is 65.2 cm³/mol. The Bertz CT molecular complexity index is 328. The van der Waals surface area contributed by atoms with E-state index < -0.39 is 0 Å². The largest absolute Gasteiger partial charge is 0.340 e. The predicted octanol–water partition coefficient (Wildman–Crippen LogP) is 1.32. The van der Waals surface area contributed by atoms with Gasteiger partial charge in [-0.3, -0.25) is 4.79 Å². The van der Waals surface area contributed by atoms with E-state index in [1.54, 1.807) is 11.9 Å². The van der Waals surface area contributed by atoms with Gasteiger partial charge in [-0.1, -0.05) is 12.1 Å². The van der Waals surface area contributed by atoms with Gasteiger partial charge in [-0.25, -0.2) is 0 Å². The van der Waals surface area contributed by atoms with Gasteiger partial charge in [-0.15, -0.1) is 0 Å². The minimum atomic E-state index is 0.0282. The molecule has 0 aromatic heterocycles. The molecule has 1 amide bonds. The number of nitrogens with two attached hydrogens (primary N) is 1. The number of amides is 1. The van der Waals surface area contributed by atoms with Gasteiger partial charge >= 0.3 is 0 Å². The van der Waals surface area contributed by atoms with Gasteiger partial charge in [-0.05, 0) is 34.7 Å². The van der Waals surface area contributed by atoms with E-state index in [-0.39, 0.29) is 5.91 Å². The van der Waals surface area contributed by atoms with Crippen molar-refractivity contribution in [2.75, 3.05) is 20.1 Å². The summed E-state index contributed by atoms with van der Waals surface area (Å²) in [5.41, 5.74) is 6.13. The highest BCUT2D eigenvalue weighted by molar-refractivity contribution is 14.1. The van der Waals surface area contributed by atoms with Crippen molar-refractivity contribution < 1.29 is 4.79 Å². The van der Waals surface area contributed by atoms with Crippen LogP contribution >= 0.6 is 22.6 Å². The second-order valence-corrected chi connectivity index (χ2v) is 4.16. The average Bonchev–Trinajstić information content (AvgIpc) is 2.18. The number of carbonyl (C=O) groups excluding carboxylic acids is 1.